The highest BCUT2D eigenvalue weighted by Crippen LogP contribution is 2.27. The number of hydrogen-bond donors (Lipinski definition) is 1. The molecule has 2 aliphatic rings. The van der Waals surface area contributed by atoms with Crippen molar-refractivity contribution in [2.24, 2.45) is 11.8 Å². The summed E-state index contributed by atoms with van der Waals surface area (Å²) in [5.74, 6) is 1.48. The molecule has 2 rings (SSSR count). The predicted octanol–water partition coefficient (Wildman–Crippen LogP) is 1.90. The Bertz CT molecular complexity index is 399. The van der Waals surface area contributed by atoms with Gasteiger partial charge in [0.15, 0.2) is 9.84 Å². The van der Waals surface area contributed by atoms with Gasteiger partial charge in [0.25, 0.3) is 0 Å². The van der Waals surface area contributed by atoms with Crippen molar-refractivity contribution in [3.8, 4) is 0 Å². The van der Waals surface area contributed by atoms with E-state index < -0.39 is 9.84 Å². The molecule has 0 aromatic rings. The zero-order valence-corrected chi connectivity index (χ0v) is 12.4. The summed E-state index contributed by atoms with van der Waals surface area (Å²) in [6, 6.07) is 0. The summed E-state index contributed by atoms with van der Waals surface area (Å²) < 4.78 is 22.6. The van der Waals surface area contributed by atoms with E-state index in [0.717, 1.165) is 12.3 Å². The second-order valence-electron chi connectivity index (χ2n) is 6.12. The number of rotatable bonds is 5. The minimum atomic E-state index is -2.82. The van der Waals surface area contributed by atoms with Gasteiger partial charge in [-0.3, -0.25) is 4.79 Å². The third kappa shape index (κ3) is 5.13. The topological polar surface area (TPSA) is 63.2 Å². The first-order valence-corrected chi connectivity index (χ1v) is 9.34. The predicted molar refractivity (Wildman–Crippen MR) is 75.6 cm³/mol. The average Bonchev–Trinajstić information content (AvgIpc) is 2.75. The molecule has 1 saturated heterocycles. The van der Waals surface area contributed by atoms with E-state index >= 15 is 0 Å². The molecule has 1 aliphatic heterocycles. The van der Waals surface area contributed by atoms with E-state index in [1.807, 2.05) is 0 Å². The second kappa shape index (κ2) is 6.73. The van der Waals surface area contributed by atoms with Crippen LogP contribution in [-0.4, -0.2) is 32.4 Å². The fourth-order valence-electron chi connectivity index (χ4n) is 3.19. The maximum atomic E-state index is 11.7. The smallest absolute Gasteiger partial charge is 0.220 e. The molecule has 1 N–H and O–H groups in total. The van der Waals surface area contributed by atoms with Gasteiger partial charge in [-0.1, -0.05) is 32.1 Å². The Kier molecular flexibility index (Phi) is 5.25. The van der Waals surface area contributed by atoms with Crippen LogP contribution in [0.2, 0.25) is 0 Å². The largest absolute Gasteiger partial charge is 0.356 e. The number of sulfone groups is 1. The summed E-state index contributed by atoms with van der Waals surface area (Å²) in [5.41, 5.74) is 0. The van der Waals surface area contributed by atoms with E-state index in [-0.39, 0.29) is 23.3 Å². The first-order valence-electron chi connectivity index (χ1n) is 7.52. The normalized spacial score (nSPS) is 27.3. The van der Waals surface area contributed by atoms with Crippen LogP contribution < -0.4 is 5.32 Å². The SMILES string of the molecule is O=C(CCC1CCCCC1)NCC1CCS(=O)(=O)C1. The van der Waals surface area contributed by atoms with Gasteiger partial charge in [-0.05, 0) is 24.7 Å². The lowest BCUT2D eigenvalue weighted by atomic mass is 9.86. The summed E-state index contributed by atoms with van der Waals surface area (Å²) in [4.78, 5) is 11.7. The third-order valence-corrected chi connectivity index (χ3v) is 6.26. The molecule has 0 bridgehead atoms. The van der Waals surface area contributed by atoms with Crippen molar-refractivity contribution in [1.29, 1.82) is 0 Å². The van der Waals surface area contributed by atoms with E-state index in [9.17, 15) is 13.2 Å². The van der Waals surface area contributed by atoms with Crippen LogP contribution in [0, 0.1) is 11.8 Å². The second-order valence-corrected chi connectivity index (χ2v) is 8.34. The van der Waals surface area contributed by atoms with Gasteiger partial charge in [0.1, 0.15) is 0 Å². The van der Waals surface area contributed by atoms with E-state index in [2.05, 4.69) is 5.32 Å². The Hall–Kier alpha value is -0.580. The Morgan fingerprint density at radius 1 is 1.05 bits per heavy atom. The van der Waals surface area contributed by atoms with Gasteiger partial charge in [-0.15, -0.1) is 0 Å². The molecule has 5 heteroatoms. The average molecular weight is 287 g/mol. The van der Waals surface area contributed by atoms with Gasteiger partial charge in [0.05, 0.1) is 11.5 Å². The van der Waals surface area contributed by atoms with Crippen molar-refractivity contribution in [2.75, 3.05) is 18.1 Å². The highest BCUT2D eigenvalue weighted by molar-refractivity contribution is 7.91. The fraction of sp³-hybridized carbons (Fsp3) is 0.929. The van der Waals surface area contributed by atoms with Gasteiger partial charge in [0.2, 0.25) is 5.91 Å². The van der Waals surface area contributed by atoms with Crippen LogP contribution in [0.3, 0.4) is 0 Å². The summed E-state index contributed by atoms with van der Waals surface area (Å²) in [6.07, 6.45) is 8.81. The Morgan fingerprint density at radius 3 is 2.42 bits per heavy atom. The third-order valence-electron chi connectivity index (χ3n) is 4.42. The van der Waals surface area contributed by atoms with E-state index in [1.165, 1.54) is 32.1 Å². The van der Waals surface area contributed by atoms with Gasteiger partial charge < -0.3 is 5.32 Å². The van der Waals surface area contributed by atoms with Crippen LogP contribution in [0.1, 0.15) is 51.4 Å². The molecule has 1 amide bonds. The van der Waals surface area contributed by atoms with Crippen LogP contribution in [0.15, 0.2) is 0 Å². The van der Waals surface area contributed by atoms with Crippen LogP contribution in [0.25, 0.3) is 0 Å². The van der Waals surface area contributed by atoms with Crippen LogP contribution in [0.4, 0.5) is 0 Å². The lowest BCUT2D eigenvalue weighted by Gasteiger charge is -2.21. The maximum Gasteiger partial charge on any atom is 0.220 e. The lowest BCUT2D eigenvalue weighted by Crippen LogP contribution is -2.30. The number of nitrogens with one attached hydrogen (secondary N) is 1. The molecule has 1 heterocycles. The van der Waals surface area contributed by atoms with Gasteiger partial charge in [-0.2, -0.15) is 0 Å². The quantitative estimate of drug-likeness (QED) is 0.840. The van der Waals surface area contributed by atoms with Crippen molar-refractivity contribution >= 4 is 15.7 Å². The Morgan fingerprint density at radius 2 is 1.79 bits per heavy atom. The molecular weight excluding hydrogens is 262 g/mol. The van der Waals surface area contributed by atoms with Crippen molar-refractivity contribution in [3.63, 3.8) is 0 Å². The van der Waals surface area contributed by atoms with E-state index in [0.29, 0.717) is 19.4 Å². The molecule has 1 unspecified atom stereocenters. The molecule has 19 heavy (non-hydrogen) atoms. The van der Waals surface area contributed by atoms with Gasteiger partial charge in [0, 0.05) is 13.0 Å². The van der Waals surface area contributed by atoms with Crippen LogP contribution >= 0.6 is 0 Å². The molecule has 4 nitrogen and oxygen atoms in total. The highest BCUT2D eigenvalue weighted by Gasteiger charge is 2.27. The van der Waals surface area contributed by atoms with Crippen LogP contribution in [0.5, 0.6) is 0 Å². The minimum absolute atomic E-state index is 0.0925. The summed E-state index contributed by atoms with van der Waals surface area (Å²) >= 11 is 0. The first-order chi connectivity index (χ1) is 9.05. The molecule has 0 aromatic carbocycles. The molecule has 1 atom stereocenters. The van der Waals surface area contributed by atoms with Gasteiger partial charge in [-0.25, -0.2) is 8.42 Å². The molecule has 0 radical (unpaired) electrons. The zero-order chi connectivity index (χ0) is 13.7. The van der Waals surface area contributed by atoms with Crippen LogP contribution in [-0.2, 0) is 14.6 Å². The molecule has 0 aromatic heterocycles. The zero-order valence-electron chi connectivity index (χ0n) is 11.6. The summed E-state index contributed by atoms with van der Waals surface area (Å²) in [7, 11) is -2.82. The Labute approximate surface area is 116 Å². The van der Waals surface area contributed by atoms with Gasteiger partial charge >= 0.3 is 0 Å². The maximum absolute atomic E-state index is 11.7. The minimum Gasteiger partial charge on any atom is -0.356 e. The molecule has 0 spiro atoms. The van der Waals surface area contributed by atoms with Crippen molar-refractivity contribution < 1.29 is 13.2 Å². The number of amides is 1. The standard InChI is InChI=1S/C14H25NO3S/c16-14(7-6-12-4-2-1-3-5-12)15-10-13-8-9-19(17,18)11-13/h12-13H,1-11H2,(H,15,16). The molecule has 1 aliphatic carbocycles. The summed E-state index contributed by atoms with van der Waals surface area (Å²) in [6.45, 7) is 0.530. The summed E-state index contributed by atoms with van der Waals surface area (Å²) in [5, 5.41) is 2.90. The number of hydrogen-bond acceptors (Lipinski definition) is 3. The van der Waals surface area contributed by atoms with E-state index in [1.54, 1.807) is 0 Å². The number of carbonyl (C=O) groups is 1. The monoisotopic (exact) mass is 287 g/mol. The first kappa shape index (κ1) is 14.8. The van der Waals surface area contributed by atoms with Crippen molar-refractivity contribution in [2.45, 2.75) is 51.4 Å². The lowest BCUT2D eigenvalue weighted by molar-refractivity contribution is -0.121. The highest BCUT2D eigenvalue weighted by atomic mass is 32.2. The number of carbonyl (C=O) groups excluding carboxylic acids is 1. The molecule has 1 saturated carbocycles. The van der Waals surface area contributed by atoms with Crippen molar-refractivity contribution in [1.82, 2.24) is 5.32 Å². The van der Waals surface area contributed by atoms with Crippen molar-refractivity contribution in [3.05, 3.63) is 0 Å². The molecular formula is C14H25NO3S. The molecule has 2 fully saturated rings. The molecule has 110 valence electrons. The fourth-order valence-corrected chi connectivity index (χ4v) is 5.05. The Balaban J connectivity index is 1.59. The van der Waals surface area contributed by atoms with E-state index in [4.69, 9.17) is 0 Å².